The zero-order valence-electron chi connectivity index (χ0n) is 25.2. The third-order valence-corrected chi connectivity index (χ3v) is 10.8. The van der Waals surface area contributed by atoms with E-state index in [1.54, 1.807) is 72.8 Å². The van der Waals surface area contributed by atoms with Gasteiger partial charge in [0.15, 0.2) is 0 Å². The van der Waals surface area contributed by atoms with E-state index in [2.05, 4.69) is 0 Å². The van der Waals surface area contributed by atoms with E-state index in [1.165, 1.54) is 72.8 Å². The van der Waals surface area contributed by atoms with Crippen molar-refractivity contribution in [1.29, 1.82) is 0 Å². The molecule has 240 valence electrons. The topological polar surface area (TPSA) is 127 Å². The molecule has 0 aliphatic heterocycles. The number of ether oxygens (including phenoxy) is 2. The average Bonchev–Trinajstić information content (AvgIpc) is 3.10. The highest BCUT2D eigenvalue weighted by Gasteiger charge is 2.19. The van der Waals surface area contributed by atoms with Crippen molar-refractivity contribution in [2.75, 3.05) is 0 Å². The van der Waals surface area contributed by atoms with Gasteiger partial charge in [-0.2, -0.15) is 0 Å². The van der Waals surface area contributed by atoms with Crippen LogP contribution in [-0.2, 0) is 19.7 Å². The summed E-state index contributed by atoms with van der Waals surface area (Å²) in [6.45, 7) is 0. The molecular formula is C38H28O8S2. The first-order valence-corrected chi connectivity index (χ1v) is 17.6. The van der Waals surface area contributed by atoms with E-state index >= 15 is 0 Å². The van der Waals surface area contributed by atoms with Crippen LogP contribution in [0.15, 0.2) is 165 Å². The van der Waals surface area contributed by atoms with Crippen molar-refractivity contribution in [2.45, 2.75) is 19.6 Å². The molecule has 2 N–H and O–H groups in total. The monoisotopic (exact) mass is 676 g/mol. The molecular weight excluding hydrogens is 649 g/mol. The highest BCUT2D eigenvalue weighted by atomic mass is 32.2. The molecule has 0 bridgehead atoms. The van der Waals surface area contributed by atoms with E-state index in [4.69, 9.17) is 9.47 Å². The molecule has 6 aromatic rings. The Morgan fingerprint density at radius 1 is 0.354 bits per heavy atom. The van der Waals surface area contributed by atoms with Gasteiger partial charge in [0.2, 0.25) is 19.7 Å². The third kappa shape index (κ3) is 7.41. The lowest BCUT2D eigenvalue weighted by Gasteiger charge is -2.08. The van der Waals surface area contributed by atoms with Crippen LogP contribution in [0.5, 0.6) is 34.5 Å². The summed E-state index contributed by atoms with van der Waals surface area (Å²) >= 11 is 0. The maximum absolute atomic E-state index is 13.2. The summed E-state index contributed by atoms with van der Waals surface area (Å²) in [6.07, 6.45) is 3.62. The molecule has 48 heavy (non-hydrogen) atoms. The lowest BCUT2D eigenvalue weighted by Crippen LogP contribution is -2.02. The predicted octanol–water partition coefficient (Wildman–Crippen LogP) is 8.52. The first-order chi connectivity index (χ1) is 23.1. The molecule has 6 rings (SSSR count). The van der Waals surface area contributed by atoms with Gasteiger partial charge in [0, 0.05) is 0 Å². The molecule has 0 spiro atoms. The van der Waals surface area contributed by atoms with Crippen LogP contribution < -0.4 is 9.47 Å². The standard InChI is InChI=1S/C38H28O8S2/c39-29-7-11-31(12-8-29)45-33-15-23-37(24-16-33)47(41,42)35-19-3-27(4-20-35)1-2-28-5-21-36(22-6-28)48(43,44)38-25-17-34(18-26-38)46-32-13-9-30(40)10-14-32/h1-26,39-40H. The fraction of sp³-hybridized carbons (Fsp3) is 0. The molecule has 0 heterocycles. The second-order valence-corrected chi connectivity index (χ2v) is 14.5. The minimum atomic E-state index is -3.76. The van der Waals surface area contributed by atoms with Gasteiger partial charge in [-0.3, -0.25) is 0 Å². The van der Waals surface area contributed by atoms with Crippen LogP contribution in [0, 0.1) is 0 Å². The van der Waals surface area contributed by atoms with Crippen molar-refractivity contribution in [1.82, 2.24) is 0 Å². The van der Waals surface area contributed by atoms with Crippen LogP contribution in [0.1, 0.15) is 11.1 Å². The molecule has 8 nitrogen and oxygen atoms in total. The molecule has 0 radical (unpaired) electrons. The lowest BCUT2D eigenvalue weighted by molar-refractivity contribution is 0.464. The van der Waals surface area contributed by atoms with Crippen LogP contribution in [0.3, 0.4) is 0 Å². The Morgan fingerprint density at radius 3 is 0.854 bits per heavy atom. The second kappa shape index (κ2) is 13.5. The van der Waals surface area contributed by atoms with Crippen LogP contribution in [0.4, 0.5) is 0 Å². The highest BCUT2D eigenvalue weighted by Crippen LogP contribution is 2.29. The van der Waals surface area contributed by atoms with Crippen LogP contribution >= 0.6 is 0 Å². The molecule has 0 atom stereocenters. The van der Waals surface area contributed by atoms with Crippen molar-refractivity contribution < 1.29 is 36.5 Å². The Balaban J connectivity index is 1.08. The van der Waals surface area contributed by atoms with Crippen LogP contribution in [-0.4, -0.2) is 27.0 Å². The molecule has 0 saturated carbocycles. The summed E-state index contributed by atoms with van der Waals surface area (Å²) in [7, 11) is -7.53. The first kappa shape index (κ1) is 32.1. The van der Waals surface area contributed by atoms with E-state index in [0.717, 1.165) is 11.1 Å². The SMILES string of the molecule is O=S(=O)(c1ccc(C=Cc2ccc(S(=O)(=O)c3ccc(Oc4ccc(O)cc4)cc3)cc2)cc1)c1ccc(Oc2ccc(O)cc2)cc1. The number of phenols is 2. The molecule has 0 saturated heterocycles. The van der Waals surface area contributed by atoms with Gasteiger partial charge in [-0.25, -0.2) is 16.8 Å². The van der Waals surface area contributed by atoms with Gasteiger partial charge < -0.3 is 19.7 Å². The largest absolute Gasteiger partial charge is 0.508 e. The summed E-state index contributed by atoms with van der Waals surface area (Å²) in [4.78, 5) is 0.525. The van der Waals surface area contributed by atoms with Gasteiger partial charge in [-0.1, -0.05) is 36.4 Å². The second-order valence-electron chi connectivity index (χ2n) is 10.6. The van der Waals surface area contributed by atoms with E-state index in [0.29, 0.717) is 23.0 Å². The van der Waals surface area contributed by atoms with Crippen molar-refractivity contribution in [3.05, 3.63) is 157 Å². The summed E-state index contributed by atoms with van der Waals surface area (Å²) < 4.78 is 64.2. The average molecular weight is 677 g/mol. The lowest BCUT2D eigenvalue weighted by atomic mass is 10.1. The van der Waals surface area contributed by atoms with E-state index in [-0.39, 0.29) is 31.1 Å². The number of phenolic OH excluding ortho intramolecular Hbond substituents is 2. The van der Waals surface area contributed by atoms with Gasteiger partial charge in [0.05, 0.1) is 19.6 Å². The molecule has 0 fully saturated rings. The quantitative estimate of drug-likeness (QED) is 0.138. The van der Waals surface area contributed by atoms with Crippen molar-refractivity contribution in [3.8, 4) is 34.5 Å². The minimum absolute atomic E-state index is 0.118. The molecule has 10 heteroatoms. The normalized spacial score (nSPS) is 11.8. The number of aromatic hydroxyl groups is 2. The van der Waals surface area contributed by atoms with Crippen LogP contribution in [0.25, 0.3) is 12.2 Å². The van der Waals surface area contributed by atoms with Gasteiger partial charge in [0.25, 0.3) is 0 Å². The zero-order chi connectivity index (χ0) is 33.7. The number of benzene rings is 6. The molecule has 0 aliphatic carbocycles. The predicted molar refractivity (Wildman–Crippen MR) is 182 cm³/mol. The van der Waals surface area contributed by atoms with Crippen molar-refractivity contribution >= 4 is 31.8 Å². The minimum Gasteiger partial charge on any atom is -0.508 e. The summed E-state index contributed by atoms with van der Waals surface area (Å²) in [5.74, 6) is 2.16. The number of hydrogen-bond acceptors (Lipinski definition) is 8. The van der Waals surface area contributed by atoms with Crippen LogP contribution in [0.2, 0.25) is 0 Å². The number of sulfone groups is 2. The maximum Gasteiger partial charge on any atom is 0.206 e. The molecule has 0 amide bonds. The Kier molecular flexibility index (Phi) is 9.02. The van der Waals surface area contributed by atoms with Gasteiger partial charge >= 0.3 is 0 Å². The number of hydrogen-bond donors (Lipinski definition) is 2. The molecule has 0 aliphatic rings. The Hall–Kier alpha value is -5.84. The van der Waals surface area contributed by atoms with E-state index < -0.39 is 19.7 Å². The van der Waals surface area contributed by atoms with E-state index in [9.17, 15) is 27.0 Å². The summed E-state index contributed by atoms with van der Waals surface area (Å²) in [5.41, 5.74) is 1.52. The molecule has 0 unspecified atom stereocenters. The maximum atomic E-state index is 13.2. The Morgan fingerprint density at radius 2 is 0.583 bits per heavy atom. The fourth-order valence-electron chi connectivity index (χ4n) is 4.65. The summed E-state index contributed by atoms with van der Waals surface area (Å²) in [5, 5.41) is 18.8. The smallest absolute Gasteiger partial charge is 0.206 e. The van der Waals surface area contributed by atoms with Gasteiger partial charge in [-0.05, 0) is 132 Å². The van der Waals surface area contributed by atoms with Gasteiger partial charge in [-0.15, -0.1) is 0 Å². The fourth-order valence-corrected chi connectivity index (χ4v) is 7.18. The first-order valence-electron chi connectivity index (χ1n) is 14.6. The third-order valence-electron chi connectivity index (χ3n) is 7.26. The summed E-state index contributed by atoms with van der Waals surface area (Å²) in [6, 6.07) is 37.5. The van der Waals surface area contributed by atoms with Gasteiger partial charge in [0.1, 0.15) is 34.5 Å². The van der Waals surface area contributed by atoms with E-state index in [1.807, 2.05) is 12.2 Å². The Labute approximate surface area is 278 Å². The zero-order valence-corrected chi connectivity index (χ0v) is 26.8. The highest BCUT2D eigenvalue weighted by molar-refractivity contribution is 7.91. The van der Waals surface area contributed by atoms with Crippen molar-refractivity contribution in [2.24, 2.45) is 0 Å². The molecule has 6 aromatic carbocycles. The number of rotatable bonds is 10. The molecule has 0 aromatic heterocycles. The van der Waals surface area contributed by atoms with Crippen molar-refractivity contribution in [3.63, 3.8) is 0 Å². The Bertz CT molecular complexity index is 2090.